The molecule has 1 aromatic rings. The zero-order chi connectivity index (χ0) is 14.1. The van der Waals surface area contributed by atoms with Gasteiger partial charge in [-0.05, 0) is 57.1 Å². The van der Waals surface area contributed by atoms with E-state index in [1.54, 1.807) is 0 Å². The van der Waals surface area contributed by atoms with E-state index in [1.807, 2.05) is 26.1 Å². The van der Waals surface area contributed by atoms with Crippen LogP contribution < -0.4 is 9.47 Å². The van der Waals surface area contributed by atoms with E-state index in [0.717, 1.165) is 18.4 Å². The number of hydrogen-bond donors (Lipinski definition) is 0. The van der Waals surface area contributed by atoms with Crippen LogP contribution in [0.5, 0.6) is 11.6 Å². The van der Waals surface area contributed by atoms with Gasteiger partial charge in [0.15, 0.2) is 5.75 Å². The summed E-state index contributed by atoms with van der Waals surface area (Å²) in [4.78, 5) is 16.2. The van der Waals surface area contributed by atoms with Crippen molar-refractivity contribution in [3.05, 3.63) is 17.8 Å². The molecular formula is C16H21NO3. The van der Waals surface area contributed by atoms with Crippen LogP contribution in [-0.4, -0.2) is 17.1 Å². The largest absolute Gasteiger partial charge is 0.472 e. The summed E-state index contributed by atoms with van der Waals surface area (Å²) in [6, 6.07) is 1.94. The zero-order valence-electron chi connectivity index (χ0n) is 12.1. The van der Waals surface area contributed by atoms with Crippen LogP contribution in [0, 0.1) is 5.92 Å². The van der Waals surface area contributed by atoms with E-state index in [2.05, 4.69) is 4.98 Å². The van der Waals surface area contributed by atoms with E-state index in [4.69, 9.17) is 9.47 Å². The first-order valence-corrected chi connectivity index (χ1v) is 7.52. The van der Waals surface area contributed by atoms with Crippen LogP contribution in [0.2, 0.25) is 0 Å². The van der Waals surface area contributed by atoms with E-state index < -0.39 is 0 Å². The van der Waals surface area contributed by atoms with Gasteiger partial charge in [0.2, 0.25) is 0 Å². The molecule has 0 saturated heterocycles. The van der Waals surface area contributed by atoms with E-state index in [1.165, 1.54) is 19.3 Å². The number of nitrogens with zero attached hydrogens (tertiary/aromatic N) is 1. The van der Waals surface area contributed by atoms with Crippen molar-refractivity contribution in [2.75, 3.05) is 0 Å². The summed E-state index contributed by atoms with van der Waals surface area (Å²) >= 11 is 0. The van der Waals surface area contributed by atoms with Gasteiger partial charge in [-0.15, -0.1) is 0 Å². The molecule has 1 heterocycles. The molecule has 0 spiro atoms. The summed E-state index contributed by atoms with van der Waals surface area (Å²) in [5.41, 5.74) is 1.16. The lowest BCUT2D eigenvalue weighted by molar-refractivity contribution is -0.135. The van der Waals surface area contributed by atoms with E-state index >= 15 is 0 Å². The van der Waals surface area contributed by atoms with Gasteiger partial charge in [0, 0.05) is 6.20 Å². The van der Waals surface area contributed by atoms with E-state index in [-0.39, 0.29) is 18.0 Å². The highest BCUT2D eigenvalue weighted by molar-refractivity contribution is 5.77. The van der Waals surface area contributed by atoms with Crippen molar-refractivity contribution in [1.29, 1.82) is 0 Å². The summed E-state index contributed by atoms with van der Waals surface area (Å²) in [6.07, 6.45) is 7.41. The highest BCUT2D eigenvalue weighted by atomic mass is 16.6. The average Bonchev–Trinajstić information content (AvgIpc) is 3.13. The standard InChI is InChI=1S/C16H21NO3/c1-10(2)19-15-14(20-16(18)12-6-7-12)8-13(9-17-15)11-4-3-5-11/h8-12H,3-7H2,1-2H3. The highest BCUT2D eigenvalue weighted by Crippen LogP contribution is 2.40. The first kappa shape index (κ1) is 13.4. The normalized spacial score (nSPS) is 18.8. The van der Waals surface area contributed by atoms with E-state index in [0.29, 0.717) is 17.5 Å². The molecule has 0 N–H and O–H groups in total. The SMILES string of the molecule is CC(C)Oc1ncc(C2CCC2)cc1OC(=O)C1CC1. The Morgan fingerprint density at radius 3 is 2.60 bits per heavy atom. The molecule has 2 fully saturated rings. The number of carbonyl (C=O) groups excluding carboxylic acids is 1. The Kier molecular flexibility index (Phi) is 3.64. The molecule has 0 unspecified atom stereocenters. The fraction of sp³-hybridized carbons (Fsp3) is 0.625. The molecule has 2 saturated carbocycles. The molecule has 0 radical (unpaired) electrons. The summed E-state index contributed by atoms with van der Waals surface area (Å²) in [7, 11) is 0. The number of carbonyl (C=O) groups is 1. The maximum atomic E-state index is 11.9. The number of rotatable bonds is 5. The molecule has 0 aromatic carbocycles. The summed E-state index contributed by atoms with van der Waals surface area (Å²) in [5.74, 6) is 1.41. The second-order valence-corrected chi connectivity index (χ2v) is 6.06. The lowest BCUT2D eigenvalue weighted by Crippen LogP contribution is -2.15. The molecule has 20 heavy (non-hydrogen) atoms. The lowest BCUT2D eigenvalue weighted by atomic mass is 9.81. The van der Waals surface area contributed by atoms with Crippen LogP contribution in [0.1, 0.15) is 57.4 Å². The van der Waals surface area contributed by atoms with Gasteiger partial charge in [-0.25, -0.2) is 4.98 Å². The molecule has 2 aliphatic rings. The van der Waals surface area contributed by atoms with Crippen molar-refractivity contribution >= 4 is 5.97 Å². The summed E-state index contributed by atoms with van der Waals surface area (Å²) in [5, 5.41) is 0. The average molecular weight is 275 g/mol. The molecule has 4 heteroatoms. The van der Waals surface area contributed by atoms with Gasteiger partial charge in [-0.2, -0.15) is 0 Å². The van der Waals surface area contributed by atoms with Crippen molar-refractivity contribution in [3.63, 3.8) is 0 Å². The molecule has 0 amide bonds. The topological polar surface area (TPSA) is 48.4 Å². The number of pyridine rings is 1. The lowest BCUT2D eigenvalue weighted by Gasteiger charge is -2.26. The minimum Gasteiger partial charge on any atom is -0.472 e. The molecule has 2 aliphatic carbocycles. The van der Waals surface area contributed by atoms with Gasteiger partial charge < -0.3 is 9.47 Å². The van der Waals surface area contributed by atoms with Crippen LogP contribution in [0.25, 0.3) is 0 Å². The van der Waals surface area contributed by atoms with E-state index in [9.17, 15) is 4.79 Å². The minimum absolute atomic E-state index is 0.00966. The van der Waals surface area contributed by atoms with Crippen LogP contribution in [0.3, 0.4) is 0 Å². The van der Waals surface area contributed by atoms with Crippen molar-refractivity contribution in [3.8, 4) is 11.6 Å². The van der Waals surface area contributed by atoms with Crippen molar-refractivity contribution in [2.24, 2.45) is 5.92 Å². The maximum Gasteiger partial charge on any atom is 0.314 e. The second kappa shape index (κ2) is 5.43. The van der Waals surface area contributed by atoms with Gasteiger partial charge in [-0.1, -0.05) is 6.42 Å². The molecule has 0 atom stereocenters. The molecule has 3 rings (SSSR count). The van der Waals surface area contributed by atoms with Gasteiger partial charge in [0.25, 0.3) is 5.88 Å². The Balaban J connectivity index is 1.81. The number of ether oxygens (including phenoxy) is 2. The predicted octanol–water partition coefficient (Wildman–Crippen LogP) is 3.45. The third kappa shape index (κ3) is 2.94. The van der Waals surface area contributed by atoms with Gasteiger partial charge in [0.1, 0.15) is 0 Å². The Labute approximate surface area is 119 Å². The van der Waals surface area contributed by atoms with Gasteiger partial charge in [-0.3, -0.25) is 4.79 Å². The third-order valence-electron chi connectivity index (χ3n) is 3.88. The van der Waals surface area contributed by atoms with Crippen molar-refractivity contribution in [2.45, 2.75) is 58.0 Å². The Hall–Kier alpha value is -1.58. The van der Waals surface area contributed by atoms with Crippen LogP contribution >= 0.6 is 0 Å². The first-order valence-electron chi connectivity index (χ1n) is 7.52. The Morgan fingerprint density at radius 1 is 1.30 bits per heavy atom. The minimum atomic E-state index is -0.147. The van der Waals surface area contributed by atoms with Crippen molar-refractivity contribution < 1.29 is 14.3 Å². The highest BCUT2D eigenvalue weighted by Gasteiger charge is 2.33. The maximum absolute atomic E-state index is 11.9. The predicted molar refractivity (Wildman–Crippen MR) is 75.0 cm³/mol. The first-order chi connectivity index (χ1) is 9.63. The molecule has 0 aliphatic heterocycles. The van der Waals surface area contributed by atoms with Crippen LogP contribution in [-0.2, 0) is 4.79 Å². The van der Waals surface area contributed by atoms with Gasteiger partial charge in [0.05, 0.1) is 12.0 Å². The fourth-order valence-corrected chi connectivity index (χ4v) is 2.31. The molecule has 108 valence electrons. The Morgan fingerprint density at radius 2 is 2.05 bits per heavy atom. The number of esters is 1. The molecule has 1 aromatic heterocycles. The molecular weight excluding hydrogens is 254 g/mol. The quantitative estimate of drug-likeness (QED) is 0.772. The number of hydrogen-bond acceptors (Lipinski definition) is 4. The number of aromatic nitrogens is 1. The summed E-state index contributed by atoms with van der Waals surface area (Å²) < 4.78 is 11.1. The molecule has 4 nitrogen and oxygen atoms in total. The van der Waals surface area contributed by atoms with Crippen LogP contribution in [0.15, 0.2) is 12.3 Å². The zero-order valence-corrected chi connectivity index (χ0v) is 12.1. The van der Waals surface area contributed by atoms with Crippen molar-refractivity contribution in [1.82, 2.24) is 4.98 Å². The third-order valence-corrected chi connectivity index (χ3v) is 3.88. The van der Waals surface area contributed by atoms with Gasteiger partial charge >= 0.3 is 5.97 Å². The molecule has 0 bridgehead atoms. The Bertz CT molecular complexity index is 504. The fourth-order valence-electron chi connectivity index (χ4n) is 2.31. The smallest absolute Gasteiger partial charge is 0.314 e. The summed E-state index contributed by atoms with van der Waals surface area (Å²) in [6.45, 7) is 3.88. The monoisotopic (exact) mass is 275 g/mol. The second-order valence-electron chi connectivity index (χ2n) is 6.06. The van der Waals surface area contributed by atoms with Crippen LogP contribution in [0.4, 0.5) is 0 Å².